The maximum absolute atomic E-state index is 9.77. The number of hydroxylamine groups is 2. The van der Waals surface area contributed by atoms with Crippen LogP contribution in [0.4, 0.5) is 0 Å². The number of hydrogen-bond acceptors (Lipinski definition) is 2. The molecular weight excluding hydrogens is 198 g/mol. The Morgan fingerprint density at radius 2 is 1.81 bits per heavy atom. The summed E-state index contributed by atoms with van der Waals surface area (Å²) in [7, 11) is 0. The zero-order valence-corrected chi connectivity index (χ0v) is 10.8. The Kier molecular flexibility index (Phi) is 4.51. The van der Waals surface area contributed by atoms with Crippen molar-refractivity contribution in [1.29, 1.82) is 0 Å². The lowest BCUT2D eigenvalue weighted by Crippen LogP contribution is -2.39. The van der Waals surface area contributed by atoms with Gasteiger partial charge in [-0.15, -0.1) is 0 Å². The molecule has 0 radical (unpaired) electrons. The van der Waals surface area contributed by atoms with Gasteiger partial charge in [-0.2, -0.15) is 5.06 Å². The fraction of sp³-hybridized carbons (Fsp3) is 0.571. The van der Waals surface area contributed by atoms with Crippen molar-refractivity contribution in [3.05, 3.63) is 35.4 Å². The van der Waals surface area contributed by atoms with Gasteiger partial charge in [-0.3, -0.25) is 0 Å². The molecule has 0 spiro atoms. The summed E-state index contributed by atoms with van der Waals surface area (Å²) in [4.78, 5) is 0. The topological polar surface area (TPSA) is 23.5 Å². The van der Waals surface area contributed by atoms with Crippen LogP contribution in [0.1, 0.15) is 38.3 Å². The lowest BCUT2D eigenvalue weighted by Gasteiger charge is -2.29. The van der Waals surface area contributed by atoms with Crippen molar-refractivity contribution in [3.63, 3.8) is 0 Å². The van der Waals surface area contributed by atoms with E-state index in [2.05, 4.69) is 31.2 Å². The number of aryl methyl sites for hydroxylation is 2. The van der Waals surface area contributed by atoms with Gasteiger partial charge >= 0.3 is 0 Å². The SMILES string of the molecule is Cc1ccccc1CCCN(O)C(C)(C)C. The zero-order valence-electron chi connectivity index (χ0n) is 10.8. The smallest absolute Gasteiger partial charge is 0.0376 e. The summed E-state index contributed by atoms with van der Waals surface area (Å²) in [6, 6.07) is 8.43. The average molecular weight is 221 g/mol. The Hall–Kier alpha value is -0.860. The van der Waals surface area contributed by atoms with Crippen LogP contribution < -0.4 is 0 Å². The molecule has 1 aromatic rings. The molecule has 0 aliphatic carbocycles. The van der Waals surface area contributed by atoms with Gasteiger partial charge in [-0.1, -0.05) is 24.3 Å². The molecule has 0 aromatic heterocycles. The number of rotatable bonds is 4. The summed E-state index contributed by atoms with van der Waals surface area (Å²) < 4.78 is 0. The molecule has 0 aliphatic rings. The number of benzene rings is 1. The van der Waals surface area contributed by atoms with Crippen LogP contribution in [-0.4, -0.2) is 22.4 Å². The van der Waals surface area contributed by atoms with Gasteiger partial charge < -0.3 is 5.21 Å². The molecule has 2 heteroatoms. The third-order valence-electron chi connectivity index (χ3n) is 2.85. The van der Waals surface area contributed by atoms with E-state index < -0.39 is 0 Å². The Bertz CT molecular complexity index is 328. The normalized spacial score (nSPS) is 12.1. The monoisotopic (exact) mass is 221 g/mol. The quantitative estimate of drug-likeness (QED) is 0.787. The second-order valence-corrected chi connectivity index (χ2v) is 5.32. The molecule has 16 heavy (non-hydrogen) atoms. The summed E-state index contributed by atoms with van der Waals surface area (Å²) in [5, 5.41) is 11.2. The molecule has 0 atom stereocenters. The third kappa shape index (κ3) is 3.95. The highest BCUT2D eigenvalue weighted by atomic mass is 16.5. The lowest BCUT2D eigenvalue weighted by molar-refractivity contribution is -0.155. The van der Waals surface area contributed by atoms with Crippen molar-refractivity contribution in [2.75, 3.05) is 6.54 Å². The van der Waals surface area contributed by atoms with E-state index >= 15 is 0 Å². The van der Waals surface area contributed by atoms with Gasteiger partial charge in [0, 0.05) is 12.1 Å². The van der Waals surface area contributed by atoms with E-state index in [0.717, 1.165) is 19.4 Å². The van der Waals surface area contributed by atoms with Crippen molar-refractivity contribution in [1.82, 2.24) is 5.06 Å². The minimum atomic E-state index is -0.161. The van der Waals surface area contributed by atoms with E-state index in [1.54, 1.807) is 0 Å². The predicted molar refractivity (Wildman–Crippen MR) is 67.7 cm³/mol. The Balaban J connectivity index is 2.40. The Labute approximate surface area is 98.9 Å². The number of nitrogens with zero attached hydrogens (tertiary/aromatic N) is 1. The summed E-state index contributed by atoms with van der Waals surface area (Å²) in [6.45, 7) is 8.90. The summed E-state index contributed by atoms with van der Waals surface area (Å²) in [5.41, 5.74) is 2.55. The highest BCUT2D eigenvalue weighted by Gasteiger charge is 2.18. The fourth-order valence-electron chi connectivity index (χ4n) is 1.65. The first-order valence-electron chi connectivity index (χ1n) is 5.92. The van der Waals surface area contributed by atoms with E-state index in [9.17, 15) is 5.21 Å². The molecule has 90 valence electrons. The van der Waals surface area contributed by atoms with E-state index in [4.69, 9.17) is 0 Å². The van der Waals surface area contributed by atoms with Gasteiger partial charge in [0.05, 0.1) is 0 Å². The van der Waals surface area contributed by atoms with Crippen molar-refractivity contribution in [2.24, 2.45) is 0 Å². The Morgan fingerprint density at radius 1 is 1.19 bits per heavy atom. The Morgan fingerprint density at radius 3 is 2.38 bits per heavy atom. The highest BCUT2D eigenvalue weighted by molar-refractivity contribution is 5.25. The maximum atomic E-state index is 9.77. The van der Waals surface area contributed by atoms with Gasteiger partial charge in [-0.25, -0.2) is 0 Å². The zero-order chi connectivity index (χ0) is 12.2. The van der Waals surface area contributed by atoms with Crippen LogP contribution in [-0.2, 0) is 6.42 Å². The van der Waals surface area contributed by atoms with Crippen LogP contribution in [0, 0.1) is 6.92 Å². The van der Waals surface area contributed by atoms with E-state index in [1.807, 2.05) is 20.8 Å². The molecule has 0 aliphatic heterocycles. The largest absolute Gasteiger partial charge is 0.313 e. The van der Waals surface area contributed by atoms with Crippen LogP contribution in [0.5, 0.6) is 0 Å². The maximum Gasteiger partial charge on any atom is 0.0376 e. The molecule has 0 heterocycles. The average Bonchev–Trinajstić information content (AvgIpc) is 2.19. The van der Waals surface area contributed by atoms with Crippen LogP contribution in [0.2, 0.25) is 0 Å². The molecule has 2 nitrogen and oxygen atoms in total. The highest BCUT2D eigenvalue weighted by Crippen LogP contribution is 2.13. The van der Waals surface area contributed by atoms with Crippen molar-refractivity contribution in [3.8, 4) is 0 Å². The van der Waals surface area contributed by atoms with Crippen molar-refractivity contribution in [2.45, 2.75) is 46.1 Å². The minimum Gasteiger partial charge on any atom is -0.313 e. The minimum absolute atomic E-state index is 0.161. The molecule has 0 amide bonds. The molecule has 0 bridgehead atoms. The van der Waals surface area contributed by atoms with E-state index in [0.29, 0.717) is 0 Å². The van der Waals surface area contributed by atoms with Crippen molar-refractivity contribution < 1.29 is 5.21 Å². The van der Waals surface area contributed by atoms with Crippen LogP contribution in [0.25, 0.3) is 0 Å². The second kappa shape index (κ2) is 5.46. The van der Waals surface area contributed by atoms with Crippen LogP contribution in [0.3, 0.4) is 0 Å². The number of hydrogen-bond donors (Lipinski definition) is 1. The molecule has 1 rings (SSSR count). The first-order chi connectivity index (χ1) is 7.41. The standard InChI is InChI=1S/C14H23NO/c1-12-8-5-6-9-13(12)10-7-11-15(16)14(2,3)4/h5-6,8-9,16H,7,10-11H2,1-4H3. The van der Waals surface area contributed by atoms with Gasteiger partial charge in [0.1, 0.15) is 0 Å². The summed E-state index contributed by atoms with van der Waals surface area (Å²) in [6.07, 6.45) is 2.01. The first kappa shape index (κ1) is 13.2. The van der Waals surface area contributed by atoms with Gasteiger partial charge in [0.2, 0.25) is 0 Å². The second-order valence-electron chi connectivity index (χ2n) is 5.32. The van der Waals surface area contributed by atoms with Gasteiger partial charge in [0.15, 0.2) is 0 Å². The molecule has 0 fully saturated rings. The van der Waals surface area contributed by atoms with Crippen LogP contribution in [0.15, 0.2) is 24.3 Å². The van der Waals surface area contributed by atoms with Crippen LogP contribution >= 0.6 is 0 Å². The van der Waals surface area contributed by atoms with E-state index in [-0.39, 0.29) is 5.54 Å². The summed E-state index contributed by atoms with van der Waals surface area (Å²) >= 11 is 0. The first-order valence-corrected chi connectivity index (χ1v) is 5.92. The molecule has 1 aromatic carbocycles. The molecular formula is C14H23NO. The van der Waals surface area contributed by atoms with Gasteiger partial charge in [-0.05, 0) is 51.7 Å². The molecule has 0 saturated heterocycles. The third-order valence-corrected chi connectivity index (χ3v) is 2.85. The molecule has 0 saturated carbocycles. The van der Waals surface area contributed by atoms with Crippen molar-refractivity contribution >= 4 is 0 Å². The lowest BCUT2D eigenvalue weighted by atomic mass is 10.0. The molecule has 1 N–H and O–H groups in total. The van der Waals surface area contributed by atoms with E-state index in [1.165, 1.54) is 16.2 Å². The van der Waals surface area contributed by atoms with Gasteiger partial charge in [0.25, 0.3) is 0 Å². The predicted octanol–water partition coefficient (Wildman–Crippen LogP) is 3.42. The summed E-state index contributed by atoms with van der Waals surface area (Å²) in [5.74, 6) is 0. The molecule has 0 unspecified atom stereocenters. The fourth-order valence-corrected chi connectivity index (χ4v) is 1.65.